The Kier molecular flexibility index (Phi) is 10.7. The third-order valence-electron chi connectivity index (χ3n) is 3.34. The molecule has 0 spiro atoms. The van der Waals surface area contributed by atoms with Crippen LogP contribution in [-0.4, -0.2) is 40.2 Å². The van der Waals surface area contributed by atoms with Gasteiger partial charge < -0.3 is 22.6 Å². The second-order valence-electron chi connectivity index (χ2n) is 4.52. The highest BCUT2D eigenvalue weighted by Crippen LogP contribution is 2.20. The van der Waals surface area contributed by atoms with E-state index in [1.807, 2.05) is 0 Å². The summed E-state index contributed by atoms with van der Waals surface area (Å²) in [5.74, 6) is 0. The van der Waals surface area contributed by atoms with Crippen LogP contribution in [-0.2, 0) is 0 Å². The number of hydrogen-bond donors (Lipinski definition) is 2. The maximum Gasteiger partial charge on any atom is 0.189 e. The van der Waals surface area contributed by atoms with Gasteiger partial charge in [0.25, 0.3) is 0 Å². The fourth-order valence-corrected chi connectivity index (χ4v) is 2.08. The monoisotopic (exact) mass is 253 g/mol. The zero-order valence-corrected chi connectivity index (χ0v) is 11.9. The van der Waals surface area contributed by atoms with Gasteiger partial charge in [-0.25, -0.2) is 0 Å². The van der Waals surface area contributed by atoms with E-state index in [1.54, 1.807) is 13.8 Å². The first-order valence-corrected chi connectivity index (χ1v) is 6.23. The normalized spacial score (nSPS) is 15.4. The first kappa shape index (κ1) is 18.5. The smallest absolute Gasteiger partial charge is 0.189 e. The molecule has 0 saturated carbocycles. The molecule has 16 heavy (non-hydrogen) atoms. The van der Waals surface area contributed by atoms with E-state index in [1.165, 1.54) is 0 Å². The number of aliphatic hydroxyl groups excluding tert-OH is 2. The molecule has 0 aliphatic carbocycles. The fourth-order valence-electron chi connectivity index (χ4n) is 2.08. The minimum absolute atomic E-state index is 0. The topological polar surface area (TPSA) is 40.5 Å². The number of nitrogens with zero attached hydrogens (tertiary/aromatic N) is 1. The Balaban J connectivity index is 0. The molecule has 3 nitrogen and oxygen atoms in total. The van der Waals surface area contributed by atoms with Crippen LogP contribution in [0.1, 0.15) is 53.4 Å². The van der Waals surface area contributed by atoms with Crippen molar-refractivity contribution in [1.82, 2.24) is 0 Å². The molecule has 0 heterocycles. The Morgan fingerprint density at radius 3 is 1.38 bits per heavy atom. The van der Waals surface area contributed by atoms with E-state index in [2.05, 4.69) is 13.8 Å². The number of rotatable bonds is 8. The Morgan fingerprint density at radius 2 is 1.19 bits per heavy atom. The van der Waals surface area contributed by atoms with Gasteiger partial charge in [0, 0.05) is 13.8 Å². The van der Waals surface area contributed by atoms with Gasteiger partial charge in [-0.05, 0) is 12.8 Å². The molecule has 2 unspecified atom stereocenters. The van der Waals surface area contributed by atoms with Gasteiger partial charge >= 0.3 is 0 Å². The molecule has 0 fully saturated rings. The summed E-state index contributed by atoms with van der Waals surface area (Å²) in [4.78, 5) is 0. The SMILES string of the molecule is CCCC[N+](CCCC)(C(C)O)C(C)O.[Cl-]. The van der Waals surface area contributed by atoms with Gasteiger partial charge in [0.05, 0.1) is 13.1 Å². The summed E-state index contributed by atoms with van der Waals surface area (Å²) in [7, 11) is 0. The predicted octanol–water partition coefficient (Wildman–Crippen LogP) is -0.916. The zero-order valence-electron chi connectivity index (χ0n) is 11.1. The van der Waals surface area contributed by atoms with E-state index >= 15 is 0 Å². The molecule has 0 radical (unpaired) electrons. The Labute approximate surface area is 106 Å². The molecular weight excluding hydrogens is 226 g/mol. The van der Waals surface area contributed by atoms with E-state index in [0.29, 0.717) is 4.48 Å². The molecule has 0 rings (SSSR count). The van der Waals surface area contributed by atoms with Crippen molar-refractivity contribution in [3.8, 4) is 0 Å². The highest BCUT2D eigenvalue weighted by Gasteiger charge is 2.36. The van der Waals surface area contributed by atoms with Crippen LogP contribution in [0.15, 0.2) is 0 Å². The molecule has 2 N–H and O–H groups in total. The van der Waals surface area contributed by atoms with Crippen molar-refractivity contribution >= 4 is 0 Å². The van der Waals surface area contributed by atoms with Crippen LogP contribution >= 0.6 is 0 Å². The highest BCUT2D eigenvalue weighted by atomic mass is 35.5. The molecule has 0 aliphatic rings. The molecule has 0 aromatic rings. The minimum Gasteiger partial charge on any atom is -1.00 e. The summed E-state index contributed by atoms with van der Waals surface area (Å²) in [6.45, 7) is 9.59. The van der Waals surface area contributed by atoms with Crippen molar-refractivity contribution < 1.29 is 27.1 Å². The molecule has 4 heteroatoms. The summed E-state index contributed by atoms with van der Waals surface area (Å²) in [6, 6.07) is 0. The van der Waals surface area contributed by atoms with Crippen molar-refractivity contribution in [3.63, 3.8) is 0 Å². The molecule has 0 aromatic heterocycles. The summed E-state index contributed by atoms with van der Waals surface area (Å²) in [5.41, 5.74) is 0. The number of hydrogen-bond acceptors (Lipinski definition) is 2. The standard InChI is InChI=1S/C12H28NO2.ClH/c1-5-7-9-13(11(3)14,12(4)15)10-8-6-2;/h11-12,14-15H,5-10H2,1-4H3;1H/q+1;/p-1. The lowest BCUT2D eigenvalue weighted by Crippen LogP contribution is -3.00. The average molecular weight is 254 g/mol. The summed E-state index contributed by atoms with van der Waals surface area (Å²) >= 11 is 0. The molecule has 0 bridgehead atoms. The summed E-state index contributed by atoms with van der Waals surface area (Å²) in [6.07, 6.45) is 3.35. The number of halogens is 1. The fraction of sp³-hybridized carbons (Fsp3) is 1.00. The highest BCUT2D eigenvalue weighted by molar-refractivity contribution is 4.48. The van der Waals surface area contributed by atoms with E-state index in [9.17, 15) is 10.2 Å². The van der Waals surface area contributed by atoms with E-state index in [4.69, 9.17) is 0 Å². The first-order valence-electron chi connectivity index (χ1n) is 6.23. The van der Waals surface area contributed by atoms with Gasteiger partial charge in [0.1, 0.15) is 0 Å². The second-order valence-corrected chi connectivity index (χ2v) is 4.52. The lowest BCUT2D eigenvalue weighted by Gasteiger charge is -2.43. The first-order chi connectivity index (χ1) is 7.01. The molecule has 0 aliphatic heterocycles. The number of unbranched alkanes of at least 4 members (excludes halogenated alkanes) is 2. The lowest BCUT2D eigenvalue weighted by molar-refractivity contribution is -1.01. The zero-order chi connectivity index (χ0) is 11.9. The average Bonchev–Trinajstić information content (AvgIpc) is 2.17. The van der Waals surface area contributed by atoms with Crippen molar-refractivity contribution in [3.05, 3.63) is 0 Å². The van der Waals surface area contributed by atoms with E-state index in [-0.39, 0.29) is 12.4 Å². The van der Waals surface area contributed by atoms with Crippen molar-refractivity contribution in [2.24, 2.45) is 0 Å². The molecule has 0 aromatic carbocycles. The maximum atomic E-state index is 9.90. The Morgan fingerprint density at radius 1 is 0.875 bits per heavy atom. The van der Waals surface area contributed by atoms with Crippen LogP contribution in [0.2, 0.25) is 0 Å². The summed E-state index contributed by atoms with van der Waals surface area (Å²) in [5, 5.41) is 19.8. The lowest BCUT2D eigenvalue weighted by atomic mass is 10.2. The van der Waals surface area contributed by atoms with Crippen LogP contribution in [0, 0.1) is 0 Å². The third kappa shape index (κ3) is 5.00. The third-order valence-corrected chi connectivity index (χ3v) is 3.34. The second kappa shape index (κ2) is 9.23. The predicted molar refractivity (Wildman–Crippen MR) is 63.2 cm³/mol. The van der Waals surface area contributed by atoms with Gasteiger partial charge in [-0.2, -0.15) is 0 Å². The van der Waals surface area contributed by atoms with Crippen LogP contribution < -0.4 is 12.4 Å². The van der Waals surface area contributed by atoms with Gasteiger partial charge in [0.15, 0.2) is 12.5 Å². The molecule has 2 atom stereocenters. The summed E-state index contributed by atoms with van der Waals surface area (Å²) < 4.78 is 0.432. The van der Waals surface area contributed by atoms with Gasteiger partial charge in [-0.15, -0.1) is 0 Å². The van der Waals surface area contributed by atoms with Gasteiger partial charge in [-0.3, -0.25) is 4.48 Å². The number of quaternary nitrogens is 1. The Bertz CT molecular complexity index is 145. The largest absolute Gasteiger partial charge is 1.00 e. The van der Waals surface area contributed by atoms with E-state index < -0.39 is 12.5 Å². The quantitative estimate of drug-likeness (QED) is 0.434. The minimum atomic E-state index is -0.483. The Hall–Kier alpha value is 0.170. The van der Waals surface area contributed by atoms with Crippen LogP contribution in [0.25, 0.3) is 0 Å². The molecule has 100 valence electrons. The molecular formula is C12H28ClNO2. The molecule has 0 saturated heterocycles. The van der Waals surface area contributed by atoms with Crippen LogP contribution in [0.5, 0.6) is 0 Å². The van der Waals surface area contributed by atoms with Gasteiger partial charge in [-0.1, -0.05) is 26.7 Å². The van der Waals surface area contributed by atoms with Gasteiger partial charge in [0.2, 0.25) is 0 Å². The van der Waals surface area contributed by atoms with Crippen LogP contribution in [0.4, 0.5) is 0 Å². The van der Waals surface area contributed by atoms with Crippen molar-refractivity contribution in [1.29, 1.82) is 0 Å². The molecule has 0 amide bonds. The van der Waals surface area contributed by atoms with Crippen molar-refractivity contribution in [2.75, 3.05) is 13.1 Å². The van der Waals surface area contributed by atoms with E-state index in [0.717, 1.165) is 38.8 Å². The van der Waals surface area contributed by atoms with Crippen LogP contribution in [0.3, 0.4) is 0 Å². The maximum absolute atomic E-state index is 9.90. The van der Waals surface area contributed by atoms with Crippen molar-refractivity contribution in [2.45, 2.75) is 65.8 Å². The number of aliphatic hydroxyl groups is 2.